The fourth-order valence-electron chi connectivity index (χ4n) is 2.54. The molecule has 1 N–H and O–H groups in total. The summed E-state index contributed by atoms with van der Waals surface area (Å²) in [5.41, 5.74) is 0.876. The summed E-state index contributed by atoms with van der Waals surface area (Å²) in [7, 11) is 0. The Morgan fingerprint density at radius 1 is 1.29 bits per heavy atom. The van der Waals surface area contributed by atoms with Crippen LogP contribution in [0.3, 0.4) is 0 Å². The molecule has 0 fully saturated rings. The third-order valence-corrected chi connectivity index (χ3v) is 4.57. The van der Waals surface area contributed by atoms with Crippen molar-refractivity contribution in [1.82, 2.24) is 0 Å². The minimum atomic E-state index is -0.915. The maximum Gasteiger partial charge on any atom is 0.124 e. The molecule has 0 saturated heterocycles. The van der Waals surface area contributed by atoms with Gasteiger partial charge in [-0.05, 0) is 55.2 Å². The van der Waals surface area contributed by atoms with E-state index in [1.54, 1.807) is 17.4 Å². The summed E-state index contributed by atoms with van der Waals surface area (Å²) < 4.78 is 13.1. The minimum Gasteiger partial charge on any atom is -0.380 e. The Morgan fingerprint density at radius 3 is 2.82 bits per heavy atom. The van der Waals surface area contributed by atoms with E-state index in [1.807, 2.05) is 19.1 Å². The van der Waals surface area contributed by atoms with Gasteiger partial charge < -0.3 is 5.11 Å². The van der Waals surface area contributed by atoms with Crippen LogP contribution in [0.15, 0.2) is 30.3 Å². The van der Waals surface area contributed by atoms with Crippen molar-refractivity contribution in [3.05, 3.63) is 57.0 Å². The Labute approximate surface area is 104 Å². The van der Waals surface area contributed by atoms with Gasteiger partial charge in [0.05, 0.1) is 0 Å². The highest BCUT2D eigenvalue weighted by Gasteiger charge is 2.39. The predicted molar refractivity (Wildman–Crippen MR) is 66.8 cm³/mol. The van der Waals surface area contributed by atoms with Crippen LogP contribution in [0, 0.1) is 12.7 Å². The van der Waals surface area contributed by atoms with Crippen LogP contribution < -0.4 is 0 Å². The largest absolute Gasteiger partial charge is 0.380 e. The quantitative estimate of drug-likeness (QED) is 0.820. The molecule has 1 aliphatic rings. The van der Waals surface area contributed by atoms with E-state index in [0.29, 0.717) is 6.42 Å². The third kappa shape index (κ3) is 1.61. The number of fused-ring (bicyclic) bond motifs is 1. The van der Waals surface area contributed by atoms with Crippen LogP contribution in [0.1, 0.15) is 27.3 Å². The second-order valence-electron chi connectivity index (χ2n) is 4.57. The Morgan fingerprint density at radius 2 is 2.12 bits per heavy atom. The standard InChI is InChI=1S/C14H13FOS/c1-9-2-5-13(17-9)14(16)7-6-10-8-11(15)3-4-12(10)14/h2-5,8,16H,6-7H2,1H3. The molecular weight excluding hydrogens is 235 g/mol. The zero-order valence-electron chi connectivity index (χ0n) is 9.53. The van der Waals surface area contributed by atoms with Gasteiger partial charge in [0, 0.05) is 9.75 Å². The average molecular weight is 248 g/mol. The molecule has 1 unspecified atom stereocenters. The molecule has 17 heavy (non-hydrogen) atoms. The lowest BCUT2D eigenvalue weighted by Gasteiger charge is -2.22. The van der Waals surface area contributed by atoms with Crippen molar-refractivity contribution in [2.75, 3.05) is 0 Å². The fourth-order valence-corrected chi connectivity index (χ4v) is 3.54. The van der Waals surface area contributed by atoms with E-state index < -0.39 is 5.60 Å². The van der Waals surface area contributed by atoms with E-state index in [2.05, 4.69) is 0 Å². The molecule has 88 valence electrons. The average Bonchev–Trinajstić information content (AvgIpc) is 2.85. The predicted octanol–water partition coefficient (Wildman–Crippen LogP) is 3.38. The molecule has 0 saturated carbocycles. The Balaban J connectivity index is 2.13. The number of aliphatic hydroxyl groups is 1. The van der Waals surface area contributed by atoms with Crippen LogP contribution in [0.25, 0.3) is 0 Å². The molecule has 1 atom stereocenters. The van der Waals surface area contributed by atoms with Gasteiger partial charge in [-0.3, -0.25) is 0 Å². The number of aryl methyl sites for hydroxylation is 2. The molecule has 3 rings (SSSR count). The van der Waals surface area contributed by atoms with Crippen molar-refractivity contribution in [2.45, 2.75) is 25.4 Å². The molecule has 1 aliphatic carbocycles. The van der Waals surface area contributed by atoms with Crippen LogP contribution in [-0.2, 0) is 12.0 Å². The van der Waals surface area contributed by atoms with Crippen molar-refractivity contribution < 1.29 is 9.50 Å². The first-order valence-electron chi connectivity index (χ1n) is 5.68. The fraction of sp³-hybridized carbons (Fsp3) is 0.286. The molecule has 0 radical (unpaired) electrons. The zero-order chi connectivity index (χ0) is 12.0. The van der Waals surface area contributed by atoms with Crippen molar-refractivity contribution >= 4 is 11.3 Å². The van der Waals surface area contributed by atoms with Gasteiger partial charge in [-0.15, -0.1) is 11.3 Å². The summed E-state index contributed by atoms with van der Waals surface area (Å²) in [4.78, 5) is 2.14. The summed E-state index contributed by atoms with van der Waals surface area (Å²) in [6, 6.07) is 8.66. The van der Waals surface area contributed by atoms with E-state index in [0.717, 1.165) is 22.4 Å². The van der Waals surface area contributed by atoms with Gasteiger partial charge in [0.25, 0.3) is 0 Å². The lowest BCUT2D eigenvalue weighted by molar-refractivity contribution is 0.0868. The maximum atomic E-state index is 13.1. The first-order valence-corrected chi connectivity index (χ1v) is 6.49. The molecular formula is C14H13FOS. The van der Waals surface area contributed by atoms with Gasteiger partial charge in [-0.1, -0.05) is 6.07 Å². The lowest BCUT2D eigenvalue weighted by atomic mass is 9.94. The molecule has 1 aromatic heterocycles. The topological polar surface area (TPSA) is 20.2 Å². The molecule has 1 heterocycles. The Bertz CT molecular complexity index is 575. The summed E-state index contributed by atoms with van der Waals surface area (Å²) in [6.45, 7) is 2.03. The van der Waals surface area contributed by atoms with Crippen molar-refractivity contribution in [2.24, 2.45) is 0 Å². The second kappa shape index (κ2) is 3.65. The summed E-state index contributed by atoms with van der Waals surface area (Å²) >= 11 is 1.61. The van der Waals surface area contributed by atoms with Crippen LogP contribution >= 0.6 is 11.3 Å². The van der Waals surface area contributed by atoms with E-state index in [9.17, 15) is 9.50 Å². The first kappa shape index (κ1) is 10.9. The molecule has 0 aliphatic heterocycles. The molecule has 1 nitrogen and oxygen atoms in total. The highest BCUT2D eigenvalue weighted by molar-refractivity contribution is 7.12. The normalized spacial score (nSPS) is 22.8. The zero-order valence-corrected chi connectivity index (χ0v) is 10.4. The van der Waals surface area contributed by atoms with Crippen LogP contribution in [0.4, 0.5) is 4.39 Å². The van der Waals surface area contributed by atoms with Crippen molar-refractivity contribution in [1.29, 1.82) is 0 Å². The van der Waals surface area contributed by atoms with Gasteiger partial charge in [0.15, 0.2) is 0 Å². The molecule has 0 bridgehead atoms. The summed E-state index contributed by atoms with van der Waals surface area (Å²) in [6.07, 6.45) is 1.38. The smallest absolute Gasteiger partial charge is 0.124 e. The summed E-state index contributed by atoms with van der Waals surface area (Å²) in [5, 5.41) is 10.8. The van der Waals surface area contributed by atoms with Crippen molar-refractivity contribution in [3.8, 4) is 0 Å². The number of benzene rings is 1. The Kier molecular flexibility index (Phi) is 2.35. The van der Waals surface area contributed by atoms with Gasteiger partial charge in [0.1, 0.15) is 11.4 Å². The van der Waals surface area contributed by atoms with Gasteiger partial charge >= 0.3 is 0 Å². The minimum absolute atomic E-state index is 0.227. The third-order valence-electron chi connectivity index (χ3n) is 3.42. The van der Waals surface area contributed by atoms with E-state index in [4.69, 9.17) is 0 Å². The monoisotopic (exact) mass is 248 g/mol. The number of thiophene rings is 1. The van der Waals surface area contributed by atoms with Crippen LogP contribution in [-0.4, -0.2) is 5.11 Å². The molecule has 2 aromatic rings. The number of halogens is 1. The molecule has 0 spiro atoms. The molecule has 0 amide bonds. The van der Waals surface area contributed by atoms with Gasteiger partial charge in [0.2, 0.25) is 0 Å². The lowest BCUT2D eigenvalue weighted by Crippen LogP contribution is -2.22. The number of hydrogen-bond donors (Lipinski definition) is 1. The maximum absolute atomic E-state index is 13.1. The van der Waals surface area contributed by atoms with E-state index in [-0.39, 0.29) is 5.82 Å². The van der Waals surface area contributed by atoms with Gasteiger partial charge in [-0.2, -0.15) is 0 Å². The second-order valence-corrected chi connectivity index (χ2v) is 5.86. The highest BCUT2D eigenvalue weighted by atomic mass is 32.1. The van der Waals surface area contributed by atoms with Crippen molar-refractivity contribution in [3.63, 3.8) is 0 Å². The van der Waals surface area contributed by atoms with E-state index in [1.165, 1.54) is 17.0 Å². The first-order chi connectivity index (χ1) is 8.09. The van der Waals surface area contributed by atoms with Crippen LogP contribution in [0.2, 0.25) is 0 Å². The molecule has 1 aromatic carbocycles. The van der Waals surface area contributed by atoms with Gasteiger partial charge in [-0.25, -0.2) is 4.39 Å². The summed E-state index contributed by atoms with van der Waals surface area (Å²) in [5.74, 6) is -0.227. The Hall–Kier alpha value is -1.19. The van der Waals surface area contributed by atoms with Crippen LogP contribution in [0.5, 0.6) is 0 Å². The van der Waals surface area contributed by atoms with E-state index >= 15 is 0 Å². The molecule has 3 heteroatoms. The SMILES string of the molecule is Cc1ccc(C2(O)CCc3cc(F)ccc32)s1. The number of rotatable bonds is 1. The number of hydrogen-bond acceptors (Lipinski definition) is 2. The highest BCUT2D eigenvalue weighted by Crippen LogP contribution is 2.44.